The Labute approximate surface area is 114 Å². The molecule has 96 valence electrons. The highest BCUT2D eigenvalue weighted by atomic mass is 79.9. The Morgan fingerprint density at radius 3 is 2.83 bits per heavy atom. The van der Waals surface area contributed by atoms with Crippen LogP contribution in [0.15, 0.2) is 34.9 Å². The zero-order chi connectivity index (χ0) is 13.1. The monoisotopic (exact) mass is 311 g/mol. The molecule has 1 atom stereocenters. The summed E-state index contributed by atoms with van der Waals surface area (Å²) in [5.41, 5.74) is 1.74. The van der Waals surface area contributed by atoms with E-state index in [1.165, 1.54) is 12.1 Å². The maximum Gasteiger partial charge on any atom is 0.123 e. The number of halogens is 2. The zero-order valence-corrected chi connectivity index (χ0v) is 11.9. The lowest BCUT2D eigenvalue weighted by Gasteiger charge is -2.17. The average Bonchev–Trinajstić information content (AvgIpc) is 2.76. The van der Waals surface area contributed by atoms with Gasteiger partial charge in [0.05, 0.1) is 11.7 Å². The summed E-state index contributed by atoms with van der Waals surface area (Å²) in [4.78, 5) is 0. The van der Waals surface area contributed by atoms with Crippen LogP contribution in [0.5, 0.6) is 0 Å². The highest BCUT2D eigenvalue weighted by Crippen LogP contribution is 2.28. The Morgan fingerprint density at radius 1 is 1.44 bits per heavy atom. The third-order valence-electron chi connectivity index (χ3n) is 2.71. The first-order valence-corrected chi connectivity index (χ1v) is 6.59. The number of nitrogens with one attached hydrogen (secondary N) is 1. The third-order valence-corrected chi connectivity index (χ3v) is 3.43. The molecule has 0 radical (unpaired) electrons. The Kier molecular flexibility index (Phi) is 4.14. The van der Waals surface area contributed by atoms with Crippen molar-refractivity contribution in [2.24, 2.45) is 7.05 Å². The van der Waals surface area contributed by atoms with Crippen molar-refractivity contribution in [3.63, 3.8) is 0 Å². The fraction of sp³-hybridized carbons (Fsp3) is 0.308. The molecule has 18 heavy (non-hydrogen) atoms. The second-order valence-electron chi connectivity index (χ2n) is 4.07. The van der Waals surface area contributed by atoms with Crippen molar-refractivity contribution in [2.75, 3.05) is 6.54 Å². The maximum atomic E-state index is 13.4. The van der Waals surface area contributed by atoms with E-state index in [0.717, 1.165) is 22.3 Å². The average molecular weight is 312 g/mol. The molecule has 1 N–H and O–H groups in total. The molecule has 1 aromatic carbocycles. The summed E-state index contributed by atoms with van der Waals surface area (Å²) in [5, 5.41) is 7.71. The van der Waals surface area contributed by atoms with E-state index in [4.69, 9.17) is 0 Å². The number of benzene rings is 1. The molecule has 0 aliphatic rings. The van der Waals surface area contributed by atoms with Crippen LogP contribution in [-0.4, -0.2) is 16.3 Å². The number of hydrogen-bond acceptors (Lipinski definition) is 2. The number of hydrogen-bond donors (Lipinski definition) is 1. The summed E-state index contributed by atoms with van der Waals surface area (Å²) >= 11 is 3.46. The first-order chi connectivity index (χ1) is 8.61. The molecular weight excluding hydrogens is 297 g/mol. The molecule has 0 saturated heterocycles. The molecule has 1 aromatic heterocycles. The van der Waals surface area contributed by atoms with E-state index >= 15 is 0 Å². The van der Waals surface area contributed by atoms with E-state index in [0.29, 0.717) is 0 Å². The molecule has 0 fully saturated rings. The molecule has 1 unspecified atom stereocenters. The molecule has 0 bridgehead atoms. The van der Waals surface area contributed by atoms with Gasteiger partial charge in [0.25, 0.3) is 0 Å². The summed E-state index contributed by atoms with van der Waals surface area (Å²) in [5.74, 6) is -0.243. The van der Waals surface area contributed by atoms with Gasteiger partial charge in [0.15, 0.2) is 0 Å². The van der Waals surface area contributed by atoms with Crippen molar-refractivity contribution in [3.8, 4) is 0 Å². The van der Waals surface area contributed by atoms with E-state index in [-0.39, 0.29) is 11.9 Å². The zero-order valence-electron chi connectivity index (χ0n) is 10.3. The Hall–Kier alpha value is -1.20. The lowest BCUT2D eigenvalue weighted by Crippen LogP contribution is -2.23. The van der Waals surface area contributed by atoms with Crippen LogP contribution in [0.2, 0.25) is 0 Å². The van der Waals surface area contributed by atoms with Gasteiger partial charge in [-0.15, -0.1) is 0 Å². The number of aryl methyl sites for hydroxylation is 1. The lowest BCUT2D eigenvalue weighted by molar-refractivity contribution is 0.584. The molecule has 3 nitrogen and oxygen atoms in total. The minimum atomic E-state index is -0.243. The van der Waals surface area contributed by atoms with Crippen LogP contribution in [0.1, 0.15) is 24.2 Å². The first kappa shape index (κ1) is 13.2. The van der Waals surface area contributed by atoms with E-state index in [2.05, 4.69) is 26.3 Å². The number of aromatic nitrogens is 2. The van der Waals surface area contributed by atoms with Crippen molar-refractivity contribution in [2.45, 2.75) is 13.0 Å². The molecule has 2 rings (SSSR count). The van der Waals surface area contributed by atoms with Crippen molar-refractivity contribution in [1.29, 1.82) is 0 Å². The normalized spacial score (nSPS) is 12.7. The quantitative estimate of drug-likeness (QED) is 0.940. The van der Waals surface area contributed by atoms with Gasteiger partial charge in [0.1, 0.15) is 5.82 Å². The highest BCUT2D eigenvalue weighted by molar-refractivity contribution is 9.10. The predicted octanol–water partition coefficient (Wildman–Crippen LogP) is 3.02. The van der Waals surface area contributed by atoms with Gasteiger partial charge in [-0.2, -0.15) is 5.10 Å². The first-order valence-electron chi connectivity index (χ1n) is 5.79. The van der Waals surface area contributed by atoms with Gasteiger partial charge in [0.2, 0.25) is 0 Å². The van der Waals surface area contributed by atoms with Gasteiger partial charge in [0, 0.05) is 17.7 Å². The molecule has 0 amide bonds. The summed E-state index contributed by atoms with van der Waals surface area (Å²) in [6, 6.07) is 6.52. The van der Waals surface area contributed by atoms with E-state index in [1.54, 1.807) is 10.7 Å². The molecule has 0 aliphatic heterocycles. The Balaban J connectivity index is 2.44. The number of nitrogens with zero attached hydrogens (tertiary/aromatic N) is 2. The number of rotatable bonds is 4. The van der Waals surface area contributed by atoms with Crippen molar-refractivity contribution in [1.82, 2.24) is 15.1 Å². The van der Waals surface area contributed by atoms with Crippen molar-refractivity contribution >= 4 is 15.9 Å². The molecule has 0 aliphatic carbocycles. The van der Waals surface area contributed by atoms with E-state index in [1.807, 2.05) is 26.2 Å². The molecule has 5 heteroatoms. The maximum absolute atomic E-state index is 13.4. The van der Waals surface area contributed by atoms with Gasteiger partial charge < -0.3 is 5.32 Å². The minimum absolute atomic E-state index is 0.110. The van der Waals surface area contributed by atoms with E-state index < -0.39 is 0 Å². The topological polar surface area (TPSA) is 29.9 Å². The van der Waals surface area contributed by atoms with Crippen LogP contribution in [0.25, 0.3) is 0 Å². The highest BCUT2D eigenvalue weighted by Gasteiger charge is 2.18. The summed E-state index contributed by atoms with van der Waals surface area (Å²) in [6.45, 7) is 2.80. The summed E-state index contributed by atoms with van der Waals surface area (Å²) in [6.07, 6.45) is 1.88. The molecular formula is C13H15BrFN3. The van der Waals surface area contributed by atoms with Crippen LogP contribution in [-0.2, 0) is 7.05 Å². The van der Waals surface area contributed by atoms with Crippen LogP contribution >= 0.6 is 15.9 Å². The van der Waals surface area contributed by atoms with Crippen molar-refractivity contribution in [3.05, 3.63) is 52.0 Å². The van der Waals surface area contributed by atoms with Gasteiger partial charge >= 0.3 is 0 Å². The Morgan fingerprint density at radius 2 is 2.22 bits per heavy atom. The van der Waals surface area contributed by atoms with Gasteiger partial charge in [-0.25, -0.2) is 4.39 Å². The molecule has 1 heterocycles. The van der Waals surface area contributed by atoms with Gasteiger partial charge in [-0.3, -0.25) is 4.68 Å². The third kappa shape index (κ3) is 2.79. The van der Waals surface area contributed by atoms with E-state index in [9.17, 15) is 4.39 Å². The van der Waals surface area contributed by atoms with Gasteiger partial charge in [-0.1, -0.05) is 22.9 Å². The second-order valence-corrected chi connectivity index (χ2v) is 4.93. The SMILES string of the molecule is CCNC(c1ccn(C)n1)c1cc(F)ccc1Br. The standard InChI is InChI=1S/C13H15BrFN3/c1-3-16-13(12-6-7-18(2)17-12)10-8-9(15)4-5-11(10)14/h4-8,13,16H,3H2,1-2H3. The fourth-order valence-electron chi connectivity index (χ4n) is 1.90. The molecule has 0 saturated carbocycles. The van der Waals surface area contributed by atoms with Crippen LogP contribution in [0.4, 0.5) is 4.39 Å². The second kappa shape index (κ2) is 5.63. The Bertz CT molecular complexity index is 539. The van der Waals surface area contributed by atoms with Gasteiger partial charge in [-0.05, 0) is 36.4 Å². The molecule has 2 aromatic rings. The largest absolute Gasteiger partial charge is 0.305 e. The minimum Gasteiger partial charge on any atom is -0.305 e. The summed E-state index contributed by atoms with van der Waals surface area (Å²) in [7, 11) is 1.87. The predicted molar refractivity (Wildman–Crippen MR) is 72.8 cm³/mol. The lowest BCUT2D eigenvalue weighted by atomic mass is 10.0. The summed E-state index contributed by atoms with van der Waals surface area (Å²) < 4.78 is 16.0. The smallest absolute Gasteiger partial charge is 0.123 e. The van der Waals surface area contributed by atoms with Crippen LogP contribution in [0.3, 0.4) is 0 Å². The van der Waals surface area contributed by atoms with Crippen LogP contribution in [0, 0.1) is 5.82 Å². The molecule has 0 spiro atoms. The fourth-order valence-corrected chi connectivity index (χ4v) is 2.38. The van der Waals surface area contributed by atoms with Crippen LogP contribution < -0.4 is 5.32 Å². The van der Waals surface area contributed by atoms with Crippen molar-refractivity contribution < 1.29 is 4.39 Å².